The molecule has 0 saturated heterocycles. The van der Waals surface area contributed by atoms with E-state index >= 15 is 0 Å². The third-order valence-electron chi connectivity index (χ3n) is 3.20. The van der Waals surface area contributed by atoms with E-state index < -0.39 is 5.91 Å². The lowest BCUT2D eigenvalue weighted by atomic mass is 10.1. The first-order chi connectivity index (χ1) is 10.5. The standard InChI is InChI=1S/C16H15N3O3/c1-10-5-11(7-17)3-4-12(10)8-19-16(21)15-14(20)6-13(22-2)9-18-15/h3-6,9,20H,8H2,1-2H3,(H,19,21). The van der Waals surface area contributed by atoms with Gasteiger partial charge in [0.1, 0.15) is 5.75 Å². The molecular formula is C16H15N3O3. The Hall–Kier alpha value is -3.07. The highest BCUT2D eigenvalue weighted by atomic mass is 16.5. The molecule has 22 heavy (non-hydrogen) atoms. The largest absolute Gasteiger partial charge is 0.505 e. The Kier molecular flexibility index (Phi) is 4.59. The molecule has 0 saturated carbocycles. The number of nitrogens with one attached hydrogen (secondary N) is 1. The zero-order valence-electron chi connectivity index (χ0n) is 12.3. The number of aryl methyl sites for hydroxylation is 1. The predicted octanol–water partition coefficient (Wildman–Crippen LogP) is 1.91. The number of amides is 1. The van der Waals surface area contributed by atoms with Gasteiger partial charge in [0.25, 0.3) is 5.91 Å². The normalized spacial score (nSPS) is 9.86. The molecule has 2 aromatic rings. The zero-order chi connectivity index (χ0) is 16.1. The number of aromatic hydroxyl groups is 1. The van der Waals surface area contributed by atoms with E-state index in [-0.39, 0.29) is 18.0 Å². The second-order valence-corrected chi connectivity index (χ2v) is 4.68. The van der Waals surface area contributed by atoms with Gasteiger partial charge in [0.2, 0.25) is 0 Å². The predicted molar refractivity (Wildman–Crippen MR) is 79.5 cm³/mol. The van der Waals surface area contributed by atoms with Crippen molar-refractivity contribution >= 4 is 5.91 Å². The van der Waals surface area contributed by atoms with E-state index in [2.05, 4.69) is 16.4 Å². The van der Waals surface area contributed by atoms with Crippen LogP contribution in [0.1, 0.15) is 27.2 Å². The molecule has 0 fully saturated rings. The monoisotopic (exact) mass is 297 g/mol. The van der Waals surface area contributed by atoms with Crippen LogP contribution in [-0.4, -0.2) is 23.1 Å². The Labute approximate surface area is 128 Å². The first-order valence-corrected chi connectivity index (χ1v) is 6.56. The van der Waals surface area contributed by atoms with Crippen LogP contribution in [0, 0.1) is 18.3 Å². The summed E-state index contributed by atoms with van der Waals surface area (Å²) in [6, 6.07) is 8.62. The number of nitriles is 1. The maximum absolute atomic E-state index is 12.0. The Balaban J connectivity index is 2.09. The summed E-state index contributed by atoms with van der Waals surface area (Å²) >= 11 is 0. The van der Waals surface area contributed by atoms with Gasteiger partial charge in [0, 0.05) is 12.6 Å². The molecule has 112 valence electrons. The van der Waals surface area contributed by atoms with Crippen LogP contribution in [0.4, 0.5) is 0 Å². The average Bonchev–Trinajstić information content (AvgIpc) is 2.53. The Bertz CT molecular complexity index is 751. The number of methoxy groups -OCH3 is 1. The fourth-order valence-electron chi connectivity index (χ4n) is 1.94. The van der Waals surface area contributed by atoms with Gasteiger partial charge in [-0.3, -0.25) is 4.79 Å². The second kappa shape index (κ2) is 6.59. The van der Waals surface area contributed by atoms with Crippen molar-refractivity contribution < 1.29 is 14.6 Å². The van der Waals surface area contributed by atoms with Crippen LogP contribution in [0.25, 0.3) is 0 Å². The number of ether oxygens (including phenoxy) is 1. The lowest BCUT2D eigenvalue weighted by Crippen LogP contribution is -2.24. The summed E-state index contributed by atoms with van der Waals surface area (Å²) in [4.78, 5) is 15.9. The molecule has 0 radical (unpaired) electrons. The van der Waals surface area contributed by atoms with Crippen molar-refractivity contribution in [3.05, 3.63) is 52.8 Å². The van der Waals surface area contributed by atoms with Gasteiger partial charge in [0.05, 0.1) is 24.9 Å². The molecule has 2 rings (SSSR count). The van der Waals surface area contributed by atoms with E-state index in [1.54, 1.807) is 18.2 Å². The molecule has 0 aliphatic heterocycles. The molecule has 6 nitrogen and oxygen atoms in total. The molecule has 1 heterocycles. The topological polar surface area (TPSA) is 95.2 Å². The molecule has 1 aromatic heterocycles. The molecule has 0 aliphatic carbocycles. The number of benzene rings is 1. The summed E-state index contributed by atoms with van der Waals surface area (Å²) in [6.45, 7) is 2.15. The molecule has 0 unspecified atom stereocenters. The summed E-state index contributed by atoms with van der Waals surface area (Å²) < 4.78 is 4.92. The Morgan fingerprint density at radius 3 is 2.82 bits per heavy atom. The van der Waals surface area contributed by atoms with Crippen LogP contribution in [0.2, 0.25) is 0 Å². The van der Waals surface area contributed by atoms with Gasteiger partial charge in [-0.2, -0.15) is 5.26 Å². The van der Waals surface area contributed by atoms with Crippen molar-refractivity contribution in [2.45, 2.75) is 13.5 Å². The van der Waals surface area contributed by atoms with Crippen molar-refractivity contribution in [1.82, 2.24) is 10.3 Å². The van der Waals surface area contributed by atoms with Gasteiger partial charge in [-0.25, -0.2) is 4.98 Å². The highest BCUT2D eigenvalue weighted by Gasteiger charge is 2.14. The summed E-state index contributed by atoms with van der Waals surface area (Å²) in [7, 11) is 1.45. The van der Waals surface area contributed by atoms with Crippen LogP contribution in [-0.2, 0) is 6.54 Å². The van der Waals surface area contributed by atoms with Gasteiger partial charge < -0.3 is 15.2 Å². The number of hydrogen-bond acceptors (Lipinski definition) is 5. The highest BCUT2D eigenvalue weighted by molar-refractivity contribution is 5.94. The van der Waals surface area contributed by atoms with Crippen molar-refractivity contribution in [2.75, 3.05) is 7.11 Å². The maximum atomic E-state index is 12.0. The molecule has 1 amide bonds. The molecule has 0 aliphatic rings. The number of hydrogen-bond donors (Lipinski definition) is 2. The van der Waals surface area contributed by atoms with Crippen LogP contribution >= 0.6 is 0 Å². The first kappa shape index (κ1) is 15.3. The number of pyridine rings is 1. The summed E-state index contributed by atoms with van der Waals surface area (Å²) in [5, 5.41) is 21.3. The molecular weight excluding hydrogens is 282 g/mol. The summed E-state index contributed by atoms with van der Waals surface area (Å²) in [6.07, 6.45) is 1.36. The summed E-state index contributed by atoms with van der Waals surface area (Å²) in [5.41, 5.74) is 2.31. The average molecular weight is 297 g/mol. The van der Waals surface area contributed by atoms with Gasteiger partial charge in [0.15, 0.2) is 11.4 Å². The number of carbonyl (C=O) groups is 1. The van der Waals surface area contributed by atoms with E-state index in [1.165, 1.54) is 19.4 Å². The Morgan fingerprint density at radius 2 is 2.23 bits per heavy atom. The van der Waals surface area contributed by atoms with E-state index in [1.807, 2.05) is 6.92 Å². The van der Waals surface area contributed by atoms with E-state index in [0.717, 1.165) is 11.1 Å². The minimum Gasteiger partial charge on any atom is -0.505 e. The van der Waals surface area contributed by atoms with E-state index in [0.29, 0.717) is 11.3 Å². The Morgan fingerprint density at radius 1 is 1.45 bits per heavy atom. The fourth-order valence-corrected chi connectivity index (χ4v) is 1.94. The number of carbonyl (C=O) groups excluding carboxylic acids is 1. The van der Waals surface area contributed by atoms with Crippen molar-refractivity contribution in [2.24, 2.45) is 0 Å². The van der Waals surface area contributed by atoms with Crippen LogP contribution < -0.4 is 10.1 Å². The number of nitrogens with zero attached hydrogens (tertiary/aromatic N) is 2. The second-order valence-electron chi connectivity index (χ2n) is 4.68. The van der Waals surface area contributed by atoms with Crippen LogP contribution in [0.3, 0.4) is 0 Å². The number of aromatic nitrogens is 1. The molecule has 2 N–H and O–H groups in total. The van der Waals surface area contributed by atoms with Gasteiger partial charge >= 0.3 is 0 Å². The minimum atomic E-state index is -0.482. The number of rotatable bonds is 4. The molecule has 0 atom stereocenters. The smallest absolute Gasteiger partial charge is 0.274 e. The van der Waals surface area contributed by atoms with Gasteiger partial charge in [-0.15, -0.1) is 0 Å². The van der Waals surface area contributed by atoms with Crippen LogP contribution in [0.5, 0.6) is 11.5 Å². The molecule has 0 spiro atoms. The van der Waals surface area contributed by atoms with Crippen molar-refractivity contribution in [3.63, 3.8) is 0 Å². The van der Waals surface area contributed by atoms with E-state index in [9.17, 15) is 9.90 Å². The van der Waals surface area contributed by atoms with Gasteiger partial charge in [-0.1, -0.05) is 6.07 Å². The quantitative estimate of drug-likeness (QED) is 0.898. The SMILES string of the molecule is COc1cnc(C(=O)NCc2ccc(C#N)cc2C)c(O)c1. The first-order valence-electron chi connectivity index (χ1n) is 6.56. The third-order valence-corrected chi connectivity index (χ3v) is 3.20. The lowest BCUT2D eigenvalue weighted by molar-refractivity contribution is 0.0943. The molecule has 6 heteroatoms. The van der Waals surface area contributed by atoms with Crippen molar-refractivity contribution in [1.29, 1.82) is 5.26 Å². The highest BCUT2D eigenvalue weighted by Crippen LogP contribution is 2.20. The van der Waals surface area contributed by atoms with E-state index in [4.69, 9.17) is 10.00 Å². The molecule has 0 bridgehead atoms. The minimum absolute atomic E-state index is 0.0629. The van der Waals surface area contributed by atoms with Crippen molar-refractivity contribution in [3.8, 4) is 17.6 Å². The maximum Gasteiger partial charge on any atom is 0.274 e. The molecule has 1 aromatic carbocycles. The van der Waals surface area contributed by atoms with Gasteiger partial charge in [-0.05, 0) is 30.2 Å². The summed E-state index contributed by atoms with van der Waals surface area (Å²) in [5.74, 6) is -0.353. The zero-order valence-corrected chi connectivity index (χ0v) is 12.3. The fraction of sp³-hybridized carbons (Fsp3) is 0.188. The lowest BCUT2D eigenvalue weighted by Gasteiger charge is -2.09. The third kappa shape index (κ3) is 3.33. The van der Waals surface area contributed by atoms with Crippen LogP contribution in [0.15, 0.2) is 30.5 Å².